The van der Waals surface area contributed by atoms with Crippen molar-refractivity contribution in [3.8, 4) is 0 Å². The molecule has 0 aromatic carbocycles. The Hall–Kier alpha value is -1.14. The fraction of sp³-hybridized carbons (Fsp3) is 0.818. The Bertz CT molecular complexity index is 258. The van der Waals surface area contributed by atoms with Crippen LogP contribution >= 0.6 is 0 Å². The number of esters is 1. The molecule has 0 radical (unpaired) electrons. The van der Waals surface area contributed by atoms with E-state index in [9.17, 15) is 9.59 Å². The van der Waals surface area contributed by atoms with Crippen molar-refractivity contribution < 1.29 is 19.1 Å². The van der Waals surface area contributed by atoms with Crippen LogP contribution in [0.3, 0.4) is 0 Å². The van der Waals surface area contributed by atoms with Crippen molar-refractivity contribution >= 4 is 11.9 Å². The first kappa shape index (κ1) is 13.9. The summed E-state index contributed by atoms with van der Waals surface area (Å²) in [5.41, 5.74) is 0. The zero-order chi connectivity index (χ0) is 12.5. The first-order valence-electron chi connectivity index (χ1n) is 5.94. The van der Waals surface area contributed by atoms with Gasteiger partial charge in [-0.05, 0) is 6.92 Å². The highest BCUT2D eigenvalue weighted by atomic mass is 16.6. The molecule has 98 valence electrons. The van der Waals surface area contributed by atoms with Crippen LogP contribution in [0.25, 0.3) is 0 Å². The number of carbonyl (C=O) groups is 2. The predicted octanol–water partition coefficient (Wildman–Crippen LogP) is -0.612. The Morgan fingerprint density at radius 1 is 1.47 bits per heavy atom. The molecule has 6 nitrogen and oxygen atoms in total. The Labute approximate surface area is 101 Å². The molecule has 6 heteroatoms. The zero-order valence-corrected chi connectivity index (χ0v) is 10.2. The number of hydrogen-bond acceptors (Lipinski definition) is 5. The molecule has 1 aliphatic rings. The fourth-order valence-corrected chi connectivity index (χ4v) is 1.59. The second-order valence-electron chi connectivity index (χ2n) is 3.80. The van der Waals surface area contributed by atoms with E-state index in [1.165, 1.54) is 0 Å². The quantitative estimate of drug-likeness (QED) is 0.498. The zero-order valence-electron chi connectivity index (χ0n) is 10.2. The van der Waals surface area contributed by atoms with Crippen molar-refractivity contribution in [1.29, 1.82) is 0 Å². The summed E-state index contributed by atoms with van der Waals surface area (Å²) in [6.45, 7) is 5.60. The SMILES string of the molecule is CCOC(=O)COCCN1CCNC(=O)CC1. The first-order chi connectivity index (χ1) is 8.22. The number of amides is 1. The van der Waals surface area contributed by atoms with Crippen LogP contribution in [0.4, 0.5) is 0 Å². The van der Waals surface area contributed by atoms with Crippen molar-refractivity contribution in [2.45, 2.75) is 13.3 Å². The summed E-state index contributed by atoms with van der Waals surface area (Å²) in [4.78, 5) is 24.2. The van der Waals surface area contributed by atoms with Crippen molar-refractivity contribution in [2.75, 3.05) is 46.0 Å². The molecular formula is C11H20N2O4. The summed E-state index contributed by atoms with van der Waals surface area (Å²) < 4.78 is 9.93. The van der Waals surface area contributed by atoms with Crippen molar-refractivity contribution in [2.24, 2.45) is 0 Å². The molecule has 17 heavy (non-hydrogen) atoms. The van der Waals surface area contributed by atoms with E-state index in [0.29, 0.717) is 26.2 Å². The van der Waals surface area contributed by atoms with Gasteiger partial charge in [0.15, 0.2) is 0 Å². The molecule has 0 aliphatic carbocycles. The molecule has 1 N–H and O–H groups in total. The molecule has 0 spiro atoms. The topological polar surface area (TPSA) is 67.9 Å². The maximum atomic E-state index is 11.1. The lowest BCUT2D eigenvalue weighted by atomic mass is 10.4. The molecule has 1 amide bonds. The number of ether oxygens (including phenoxy) is 2. The molecule has 0 aromatic heterocycles. The van der Waals surface area contributed by atoms with E-state index in [0.717, 1.165) is 19.6 Å². The Morgan fingerprint density at radius 2 is 2.29 bits per heavy atom. The van der Waals surface area contributed by atoms with Crippen LogP contribution in [0.15, 0.2) is 0 Å². The van der Waals surface area contributed by atoms with Gasteiger partial charge < -0.3 is 14.8 Å². The van der Waals surface area contributed by atoms with Crippen molar-refractivity contribution in [1.82, 2.24) is 10.2 Å². The van der Waals surface area contributed by atoms with E-state index < -0.39 is 0 Å². The Kier molecular flexibility index (Phi) is 6.57. The van der Waals surface area contributed by atoms with Gasteiger partial charge in [-0.3, -0.25) is 9.69 Å². The Morgan fingerprint density at radius 3 is 3.06 bits per heavy atom. The molecular weight excluding hydrogens is 224 g/mol. The molecule has 1 aliphatic heterocycles. The molecule has 1 fully saturated rings. The van der Waals surface area contributed by atoms with E-state index in [-0.39, 0.29) is 18.5 Å². The van der Waals surface area contributed by atoms with Gasteiger partial charge in [-0.15, -0.1) is 0 Å². The number of nitrogens with zero attached hydrogens (tertiary/aromatic N) is 1. The van der Waals surface area contributed by atoms with Crippen molar-refractivity contribution in [3.63, 3.8) is 0 Å². The number of hydrogen-bond donors (Lipinski definition) is 1. The summed E-state index contributed by atoms with van der Waals surface area (Å²) >= 11 is 0. The third-order valence-corrected chi connectivity index (χ3v) is 2.48. The molecule has 0 saturated carbocycles. The summed E-state index contributed by atoms with van der Waals surface area (Å²) in [5.74, 6) is -0.236. The predicted molar refractivity (Wildman–Crippen MR) is 61.5 cm³/mol. The lowest BCUT2D eigenvalue weighted by molar-refractivity contribution is -0.148. The van der Waals surface area contributed by atoms with Gasteiger partial charge >= 0.3 is 5.97 Å². The van der Waals surface area contributed by atoms with Crippen LogP contribution in [0.5, 0.6) is 0 Å². The fourth-order valence-electron chi connectivity index (χ4n) is 1.59. The molecule has 0 aromatic rings. The van der Waals surface area contributed by atoms with E-state index in [1.807, 2.05) is 0 Å². The number of carbonyl (C=O) groups excluding carboxylic acids is 2. The summed E-state index contributed by atoms with van der Waals surface area (Å²) in [6, 6.07) is 0. The van der Waals surface area contributed by atoms with E-state index in [4.69, 9.17) is 9.47 Å². The van der Waals surface area contributed by atoms with E-state index in [1.54, 1.807) is 6.92 Å². The highest BCUT2D eigenvalue weighted by molar-refractivity contribution is 5.76. The maximum Gasteiger partial charge on any atom is 0.332 e. The summed E-state index contributed by atoms with van der Waals surface area (Å²) in [7, 11) is 0. The minimum Gasteiger partial charge on any atom is -0.464 e. The molecule has 1 rings (SSSR count). The third-order valence-electron chi connectivity index (χ3n) is 2.48. The largest absolute Gasteiger partial charge is 0.464 e. The lowest BCUT2D eigenvalue weighted by Crippen LogP contribution is -2.31. The summed E-state index contributed by atoms with van der Waals surface area (Å²) in [5, 5.41) is 2.80. The van der Waals surface area contributed by atoms with Crippen LogP contribution in [0, 0.1) is 0 Å². The monoisotopic (exact) mass is 244 g/mol. The van der Waals surface area contributed by atoms with Crippen LogP contribution in [-0.2, 0) is 19.1 Å². The van der Waals surface area contributed by atoms with Gasteiger partial charge in [0.25, 0.3) is 0 Å². The third kappa shape index (κ3) is 6.23. The average molecular weight is 244 g/mol. The smallest absolute Gasteiger partial charge is 0.332 e. The summed E-state index contributed by atoms with van der Waals surface area (Å²) in [6.07, 6.45) is 0.526. The highest BCUT2D eigenvalue weighted by Crippen LogP contribution is 1.96. The lowest BCUT2D eigenvalue weighted by Gasteiger charge is -2.18. The average Bonchev–Trinajstić information content (AvgIpc) is 2.50. The molecule has 1 saturated heterocycles. The highest BCUT2D eigenvalue weighted by Gasteiger charge is 2.12. The minimum atomic E-state index is -0.333. The van der Waals surface area contributed by atoms with Gasteiger partial charge in [-0.2, -0.15) is 0 Å². The second kappa shape index (κ2) is 8.03. The maximum absolute atomic E-state index is 11.1. The molecule has 0 unspecified atom stereocenters. The molecule has 0 atom stereocenters. The van der Waals surface area contributed by atoms with Crippen LogP contribution in [0.1, 0.15) is 13.3 Å². The van der Waals surface area contributed by atoms with Gasteiger partial charge in [0.1, 0.15) is 6.61 Å². The van der Waals surface area contributed by atoms with E-state index in [2.05, 4.69) is 10.2 Å². The molecule has 1 heterocycles. The van der Waals surface area contributed by atoms with Crippen LogP contribution in [0.2, 0.25) is 0 Å². The Balaban J connectivity index is 2.05. The molecule has 0 bridgehead atoms. The normalized spacial score (nSPS) is 17.4. The van der Waals surface area contributed by atoms with E-state index >= 15 is 0 Å². The first-order valence-corrected chi connectivity index (χ1v) is 5.94. The van der Waals surface area contributed by atoms with Crippen LogP contribution in [-0.4, -0.2) is 62.8 Å². The van der Waals surface area contributed by atoms with Crippen LogP contribution < -0.4 is 5.32 Å². The van der Waals surface area contributed by atoms with Gasteiger partial charge in [-0.25, -0.2) is 4.79 Å². The second-order valence-corrected chi connectivity index (χ2v) is 3.80. The van der Waals surface area contributed by atoms with Gasteiger partial charge in [0.2, 0.25) is 5.91 Å². The number of rotatable bonds is 6. The number of nitrogens with one attached hydrogen (secondary N) is 1. The van der Waals surface area contributed by atoms with Crippen molar-refractivity contribution in [3.05, 3.63) is 0 Å². The standard InChI is InChI=1S/C11H20N2O4/c1-2-17-11(15)9-16-8-7-13-5-3-10(14)12-4-6-13/h2-9H2,1H3,(H,12,14). The van der Waals surface area contributed by atoms with Gasteiger partial charge in [0.05, 0.1) is 13.2 Å². The van der Waals surface area contributed by atoms with Gasteiger partial charge in [0, 0.05) is 32.6 Å². The van der Waals surface area contributed by atoms with Gasteiger partial charge in [-0.1, -0.05) is 0 Å². The minimum absolute atomic E-state index is 0.00113.